The van der Waals surface area contributed by atoms with Gasteiger partial charge in [-0.1, -0.05) is 56.5 Å². The fourth-order valence-corrected chi connectivity index (χ4v) is 2.36. The van der Waals surface area contributed by atoms with Crippen molar-refractivity contribution in [1.82, 2.24) is 0 Å². The molecule has 0 saturated heterocycles. The van der Waals surface area contributed by atoms with Crippen LogP contribution in [0.4, 0.5) is 0 Å². The van der Waals surface area contributed by atoms with Gasteiger partial charge in [0.05, 0.1) is 0 Å². The fourth-order valence-electron chi connectivity index (χ4n) is 2.36. The Balaban J connectivity index is 2.38. The first kappa shape index (κ1) is 15.6. The maximum atomic E-state index is 12.5. The molecule has 1 atom stereocenters. The van der Waals surface area contributed by atoms with Crippen LogP contribution >= 0.6 is 0 Å². The summed E-state index contributed by atoms with van der Waals surface area (Å²) < 4.78 is 0. The van der Waals surface area contributed by atoms with Crippen LogP contribution < -0.4 is 0 Å². The van der Waals surface area contributed by atoms with Gasteiger partial charge in [-0.25, -0.2) is 0 Å². The number of carbonyl (C=O) groups is 3. The Morgan fingerprint density at radius 2 is 1.59 bits per heavy atom. The summed E-state index contributed by atoms with van der Waals surface area (Å²) in [5, 5.41) is 0. The Labute approximate surface area is 129 Å². The maximum absolute atomic E-state index is 12.5. The van der Waals surface area contributed by atoms with E-state index in [9.17, 15) is 14.4 Å². The molecule has 1 aliphatic carbocycles. The Bertz CT molecular complexity index is 730. The van der Waals surface area contributed by atoms with Crippen LogP contribution in [0.3, 0.4) is 0 Å². The third-order valence-electron chi connectivity index (χ3n) is 3.69. The summed E-state index contributed by atoms with van der Waals surface area (Å²) in [6.07, 6.45) is 5.76. The zero-order valence-corrected chi connectivity index (χ0v) is 12.3. The van der Waals surface area contributed by atoms with Crippen molar-refractivity contribution in [2.75, 3.05) is 0 Å². The van der Waals surface area contributed by atoms with Crippen molar-refractivity contribution < 1.29 is 14.4 Å². The van der Waals surface area contributed by atoms with Gasteiger partial charge in [-0.3, -0.25) is 14.4 Å². The van der Waals surface area contributed by atoms with Crippen molar-refractivity contribution in [2.45, 2.75) is 6.92 Å². The number of hydrogen-bond acceptors (Lipinski definition) is 3. The van der Waals surface area contributed by atoms with Crippen LogP contribution in [-0.2, 0) is 9.59 Å². The Kier molecular flexibility index (Phi) is 4.47. The standard InChI is InChI=1S/C19H16O3/c1-4-17(20)14-8-6-13(7-9-14)16-11-10-15(18(21)5-2)12(3)19(16)22/h4-12H,1-2H2,3H3. The van der Waals surface area contributed by atoms with E-state index < -0.39 is 5.92 Å². The molecule has 0 bridgehead atoms. The van der Waals surface area contributed by atoms with E-state index in [0.29, 0.717) is 16.7 Å². The summed E-state index contributed by atoms with van der Waals surface area (Å²) in [6, 6.07) is 6.77. The predicted octanol–water partition coefficient (Wildman–Crippen LogP) is 3.34. The summed E-state index contributed by atoms with van der Waals surface area (Å²) in [6.45, 7) is 8.59. The van der Waals surface area contributed by atoms with Gasteiger partial charge in [-0.05, 0) is 17.7 Å². The molecular weight excluding hydrogens is 276 g/mol. The zero-order chi connectivity index (χ0) is 16.3. The van der Waals surface area contributed by atoms with Gasteiger partial charge in [0.2, 0.25) is 0 Å². The molecule has 0 amide bonds. The van der Waals surface area contributed by atoms with E-state index in [1.165, 1.54) is 12.2 Å². The minimum absolute atomic E-state index is 0.115. The first-order chi connectivity index (χ1) is 10.5. The Hall–Kier alpha value is -2.81. The zero-order valence-electron chi connectivity index (χ0n) is 12.3. The minimum atomic E-state index is -0.500. The molecule has 0 heterocycles. The lowest BCUT2D eigenvalue weighted by atomic mass is 9.82. The molecule has 0 aliphatic heterocycles. The molecule has 1 unspecified atom stereocenters. The van der Waals surface area contributed by atoms with E-state index in [4.69, 9.17) is 0 Å². The lowest BCUT2D eigenvalue weighted by molar-refractivity contribution is -0.118. The summed E-state index contributed by atoms with van der Waals surface area (Å²) in [5.74, 6) is -1.01. The predicted molar refractivity (Wildman–Crippen MR) is 86.4 cm³/mol. The second kappa shape index (κ2) is 6.31. The molecular formula is C19H16O3. The van der Waals surface area contributed by atoms with E-state index in [2.05, 4.69) is 13.2 Å². The molecule has 22 heavy (non-hydrogen) atoms. The van der Waals surface area contributed by atoms with Crippen LogP contribution in [0.5, 0.6) is 0 Å². The molecule has 0 aromatic heterocycles. The quantitative estimate of drug-likeness (QED) is 0.618. The number of allylic oxidation sites excluding steroid dienone is 6. The highest BCUT2D eigenvalue weighted by atomic mass is 16.1. The van der Waals surface area contributed by atoms with Gasteiger partial charge < -0.3 is 0 Å². The highest BCUT2D eigenvalue weighted by Gasteiger charge is 2.27. The number of hydrogen-bond donors (Lipinski definition) is 0. The van der Waals surface area contributed by atoms with Crippen LogP contribution in [0.25, 0.3) is 5.57 Å². The fraction of sp³-hybridized carbons (Fsp3) is 0.105. The second-order valence-corrected chi connectivity index (χ2v) is 5.00. The molecule has 110 valence electrons. The number of ketones is 3. The van der Waals surface area contributed by atoms with E-state index in [0.717, 1.165) is 5.56 Å². The minimum Gasteiger partial charge on any atom is -0.293 e. The van der Waals surface area contributed by atoms with Crippen LogP contribution in [0.15, 0.2) is 67.3 Å². The van der Waals surface area contributed by atoms with Gasteiger partial charge in [0.1, 0.15) is 0 Å². The van der Waals surface area contributed by atoms with Crippen molar-refractivity contribution in [3.8, 4) is 0 Å². The number of carbonyl (C=O) groups excluding carboxylic acids is 3. The number of rotatable bonds is 5. The van der Waals surface area contributed by atoms with E-state index in [1.807, 2.05) is 0 Å². The maximum Gasteiger partial charge on any atom is 0.185 e. The molecule has 0 saturated carbocycles. The van der Waals surface area contributed by atoms with Crippen molar-refractivity contribution in [1.29, 1.82) is 0 Å². The van der Waals surface area contributed by atoms with Gasteiger partial charge in [0, 0.05) is 22.6 Å². The van der Waals surface area contributed by atoms with Crippen molar-refractivity contribution in [2.24, 2.45) is 5.92 Å². The van der Waals surface area contributed by atoms with Crippen molar-refractivity contribution >= 4 is 22.9 Å². The third kappa shape index (κ3) is 2.79. The van der Waals surface area contributed by atoms with Crippen LogP contribution in [0.1, 0.15) is 22.8 Å². The Morgan fingerprint density at radius 3 is 2.14 bits per heavy atom. The molecule has 0 spiro atoms. The van der Waals surface area contributed by atoms with Gasteiger partial charge in [0.15, 0.2) is 17.3 Å². The molecule has 0 radical (unpaired) electrons. The number of benzene rings is 1. The lowest BCUT2D eigenvalue weighted by Gasteiger charge is -2.19. The second-order valence-electron chi connectivity index (χ2n) is 5.00. The highest BCUT2D eigenvalue weighted by Crippen LogP contribution is 2.29. The average Bonchev–Trinajstić information content (AvgIpc) is 2.56. The molecule has 0 fully saturated rings. The topological polar surface area (TPSA) is 51.2 Å². The van der Waals surface area contributed by atoms with E-state index in [-0.39, 0.29) is 17.3 Å². The van der Waals surface area contributed by atoms with Gasteiger partial charge in [-0.2, -0.15) is 0 Å². The summed E-state index contributed by atoms with van der Waals surface area (Å²) in [7, 11) is 0. The highest BCUT2D eigenvalue weighted by molar-refractivity contribution is 6.27. The Morgan fingerprint density at radius 1 is 1.00 bits per heavy atom. The molecule has 0 N–H and O–H groups in total. The van der Waals surface area contributed by atoms with Crippen LogP contribution in [0, 0.1) is 5.92 Å². The molecule has 1 aromatic carbocycles. The van der Waals surface area contributed by atoms with Gasteiger partial charge in [-0.15, -0.1) is 0 Å². The third-order valence-corrected chi connectivity index (χ3v) is 3.69. The average molecular weight is 292 g/mol. The number of Topliss-reactive ketones (excluding diaryl/α,β-unsaturated/α-hetero) is 1. The van der Waals surface area contributed by atoms with Crippen molar-refractivity contribution in [3.05, 3.63) is 78.4 Å². The molecule has 3 heteroatoms. The molecule has 2 rings (SSSR count). The van der Waals surface area contributed by atoms with E-state index in [1.54, 1.807) is 43.3 Å². The molecule has 1 aromatic rings. The first-order valence-corrected chi connectivity index (χ1v) is 6.89. The normalized spacial score (nSPS) is 17.3. The lowest BCUT2D eigenvalue weighted by Crippen LogP contribution is -2.22. The largest absolute Gasteiger partial charge is 0.293 e. The summed E-state index contributed by atoms with van der Waals surface area (Å²) in [5.41, 5.74) is 2.22. The molecule has 1 aliphatic rings. The SMILES string of the molecule is C=CC(=O)C1=CC=C(c2ccc(C(=O)C=C)cc2)C(=O)C1C. The van der Waals surface area contributed by atoms with Gasteiger partial charge in [0.25, 0.3) is 0 Å². The summed E-state index contributed by atoms with van der Waals surface area (Å²) in [4.78, 5) is 35.7. The van der Waals surface area contributed by atoms with Crippen molar-refractivity contribution in [3.63, 3.8) is 0 Å². The van der Waals surface area contributed by atoms with Gasteiger partial charge >= 0.3 is 0 Å². The summed E-state index contributed by atoms with van der Waals surface area (Å²) >= 11 is 0. The smallest absolute Gasteiger partial charge is 0.185 e. The first-order valence-electron chi connectivity index (χ1n) is 6.89. The van der Waals surface area contributed by atoms with E-state index >= 15 is 0 Å². The van der Waals surface area contributed by atoms with Crippen LogP contribution in [-0.4, -0.2) is 17.3 Å². The van der Waals surface area contributed by atoms with Crippen LogP contribution in [0.2, 0.25) is 0 Å². The molecule has 3 nitrogen and oxygen atoms in total. The monoisotopic (exact) mass is 292 g/mol.